The molecule has 0 aliphatic heterocycles. The van der Waals surface area contributed by atoms with Gasteiger partial charge in [-0.05, 0) is 9.50 Å². The molecule has 0 atom stereocenters. The quantitative estimate of drug-likeness (QED) is 0.416. The van der Waals surface area contributed by atoms with Crippen LogP contribution in [0.4, 0.5) is 5.69 Å². The van der Waals surface area contributed by atoms with Crippen LogP contribution in [0.15, 0.2) is 46.9 Å². The summed E-state index contributed by atoms with van der Waals surface area (Å²) in [6.45, 7) is 3.70. The van der Waals surface area contributed by atoms with E-state index in [1.165, 1.54) is 0 Å². The number of rotatable bonds is 1. The molecular weight excluding hydrogens is 427 g/mol. The Morgan fingerprint density at radius 2 is 1.85 bits per heavy atom. The van der Waals surface area contributed by atoms with Gasteiger partial charge in [-0.25, -0.2) is 0 Å². The van der Waals surface area contributed by atoms with Crippen molar-refractivity contribution in [3.05, 3.63) is 70.0 Å². The van der Waals surface area contributed by atoms with Crippen molar-refractivity contribution in [1.29, 1.82) is 0 Å². The fourth-order valence-electron chi connectivity index (χ4n) is 1.16. The first-order valence-corrected chi connectivity index (χ1v) is 6.20. The van der Waals surface area contributed by atoms with E-state index in [2.05, 4.69) is 22.9 Å². The van der Waals surface area contributed by atoms with E-state index in [1.807, 2.05) is 24.3 Å². The first-order chi connectivity index (χ1) is 8.52. The van der Waals surface area contributed by atoms with Gasteiger partial charge in [-0.1, -0.05) is 45.4 Å². The van der Waals surface area contributed by atoms with Gasteiger partial charge in [-0.2, -0.15) is 24.6 Å². The van der Waals surface area contributed by atoms with Crippen LogP contribution in [-0.4, -0.2) is 6.29 Å². The molecule has 6 heteroatoms. The predicted octanol–water partition coefficient (Wildman–Crippen LogP) is 4.01. The Morgan fingerprint density at radius 3 is 2.25 bits per heavy atom. The smallest absolute Gasteiger partial charge is 0.449 e. The first-order valence-electron chi connectivity index (χ1n) is 5.03. The van der Waals surface area contributed by atoms with Crippen molar-refractivity contribution >= 4 is 39.5 Å². The fourth-order valence-corrected chi connectivity index (χ4v) is 1.76. The van der Waals surface area contributed by atoms with Gasteiger partial charge < -0.3 is 10.5 Å². The second-order valence-corrected chi connectivity index (χ2v) is 4.82. The van der Waals surface area contributed by atoms with E-state index in [4.69, 9.17) is 17.3 Å². The monoisotopic (exact) mass is 437 g/mol. The Morgan fingerprint density at radius 1 is 1.20 bits per heavy atom. The second kappa shape index (κ2) is 11.3. The number of nitrogen functional groups attached to an aromatic ring is 1. The van der Waals surface area contributed by atoms with E-state index in [9.17, 15) is 4.79 Å². The van der Waals surface area contributed by atoms with Gasteiger partial charge in [0.05, 0.1) is 6.29 Å². The number of carbonyl (C=O) groups excluding carboxylic acids is 1. The Labute approximate surface area is 153 Å². The van der Waals surface area contributed by atoms with Crippen molar-refractivity contribution in [3.8, 4) is 0 Å². The maximum Gasteiger partial charge on any atom is 2.00 e. The molecule has 2 radical (unpaired) electrons. The van der Waals surface area contributed by atoms with E-state index < -0.39 is 0 Å². The minimum atomic E-state index is 0. The minimum absolute atomic E-state index is 0. The molecule has 0 saturated carbocycles. The average Bonchev–Trinajstić information content (AvgIpc) is 2.29. The van der Waals surface area contributed by atoms with Gasteiger partial charge in [-0.15, -0.1) is 23.8 Å². The number of anilines is 1. The van der Waals surface area contributed by atoms with Gasteiger partial charge in [-0.3, -0.25) is 0 Å². The largest absolute Gasteiger partial charge is 2.00 e. The van der Waals surface area contributed by atoms with Crippen molar-refractivity contribution in [2.24, 2.45) is 0 Å². The van der Waals surface area contributed by atoms with Crippen molar-refractivity contribution in [2.45, 2.75) is 0 Å². The van der Waals surface area contributed by atoms with Crippen LogP contribution >= 0.6 is 27.5 Å². The van der Waals surface area contributed by atoms with E-state index in [-0.39, 0.29) is 33.8 Å². The molecule has 2 aromatic rings. The maximum atomic E-state index is 10.1. The summed E-state index contributed by atoms with van der Waals surface area (Å²) in [6.07, 6.45) is 1.73. The van der Waals surface area contributed by atoms with Crippen LogP contribution in [0.5, 0.6) is 0 Å². The van der Waals surface area contributed by atoms with Crippen molar-refractivity contribution in [2.75, 3.05) is 5.73 Å². The Bertz CT molecular complexity index is 537. The molecule has 0 amide bonds. The fraction of sp³-hybridized carbons (Fsp3) is 0. The zero-order chi connectivity index (χ0) is 13.5. The molecule has 2 rings (SSSR count). The Balaban J connectivity index is 0. The third-order valence-electron chi connectivity index (χ3n) is 2.01. The second-order valence-electron chi connectivity index (χ2n) is 3.46. The molecule has 0 unspecified atom stereocenters. The standard InChI is InChI=1S/C7H5BrNO.C7H6Cl.Co.Mn/c8-6-2-1-5(4-10)7(9)3-6;1-6-3-2-4-7(8)5-6;;/h1-3H,9H2;2-5H,1H2;;/q2*-1;;+2. The van der Waals surface area contributed by atoms with E-state index >= 15 is 0 Å². The SMILES string of the molecule is Nc1cc(Br)ccc1[C-]=O.[CH2-]c1cccc(Cl)c1.[Co].[Mn+2]. The third-order valence-corrected chi connectivity index (χ3v) is 2.74. The molecule has 0 fully saturated rings. The van der Waals surface area contributed by atoms with E-state index in [0.29, 0.717) is 11.3 Å². The molecule has 2 aromatic carbocycles. The number of hydrogen-bond donors (Lipinski definition) is 1. The van der Waals surface area contributed by atoms with Gasteiger partial charge in [0.15, 0.2) is 0 Å². The molecule has 0 bridgehead atoms. The molecule has 0 aromatic heterocycles. The van der Waals surface area contributed by atoms with Crippen molar-refractivity contribution in [3.63, 3.8) is 0 Å². The van der Waals surface area contributed by atoms with Crippen LogP contribution in [0, 0.1) is 6.92 Å². The molecule has 2 N–H and O–H groups in total. The average molecular weight is 438 g/mol. The summed E-state index contributed by atoms with van der Waals surface area (Å²) < 4.78 is 0.865. The van der Waals surface area contributed by atoms with E-state index in [0.717, 1.165) is 15.1 Å². The molecule has 108 valence electrons. The Hall–Kier alpha value is -0.424. The number of nitrogens with two attached hydrogens (primary N) is 1. The zero-order valence-electron chi connectivity index (χ0n) is 10.2. The van der Waals surface area contributed by atoms with Crippen molar-refractivity contribution in [1.82, 2.24) is 0 Å². The van der Waals surface area contributed by atoms with Crippen LogP contribution in [-0.2, 0) is 38.6 Å². The van der Waals surface area contributed by atoms with E-state index in [1.54, 1.807) is 24.5 Å². The molecule has 0 aliphatic carbocycles. The van der Waals surface area contributed by atoms with Gasteiger partial charge in [0.1, 0.15) is 0 Å². The summed E-state index contributed by atoms with van der Waals surface area (Å²) in [5.74, 6) is 0. The topological polar surface area (TPSA) is 43.1 Å². The number of benzene rings is 2. The predicted molar refractivity (Wildman–Crippen MR) is 79.3 cm³/mol. The molecule has 0 aliphatic rings. The van der Waals surface area contributed by atoms with Crippen LogP contribution in [0.3, 0.4) is 0 Å². The number of halogens is 2. The summed E-state index contributed by atoms with van der Waals surface area (Å²) in [5.41, 5.74) is 7.25. The minimum Gasteiger partial charge on any atom is -0.449 e. The summed E-state index contributed by atoms with van der Waals surface area (Å²) in [6, 6.07) is 12.5. The van der Waals surface area contributed by atoms with Gasteiger partial charge in [0, 0.05) is 16.8 Å². The molecule has 0 spiro atoms. The Kier molecular flexibility index (Phi) is 12.3. The van der Waals surface area contributed by atoms with Crippen LogP contribution in [0.25, 0.3) is 0 Å². The normalized spacial score (nSPS) is 8.30. The maximum absolute atomic E-state index is 10.1. The van der Waals surface area contributed by atoms with Crippen LogP contribution in [0.1, 0.15) is 11.1 Å². The van der Waals surface area contributed by atoms with Gasteiger partial charge in [0.2, 0.25) is 0 Å². The first kappa shape index (κ1) is 21.9. The zero-order valence-corrected chi connectivity index (χ0v) is 14.8. The van der Waals surface area contributed by atoms with Crippen LogP contribution < -0.4 is 5.73 Å². The molecule has 2 nitrogen and oxygen atoms in total. The van der Waals surface area contributed by atoms with Gasteiger partial charge in [0.25, 0.3) is 0 Å². The summed E-state index contributed by atoms with van der Waals surface area (Å²) in [5, 5.41) is 0.748. The van der Waals surface area contributed by atoms with Gasteiger partial charge >= 0.3 is 17.1 Å². The molecule has 20 heavy (non-hydrogen) atoms. The molecular formula is C14H11BrClCoMnNO. The molecule has 0 heterocycles. The number of hydrogen-bond acceptors (Lipinski definition) is 2. The van der Waals surface area contributed by atoms with Crippen molar-refractivity contribution < 1.29 is 38.6 Å². The summed E-state index contributed by atoms with van der Waals surface area (Å²) in [7, 11) is 0. The third kappa shape index (κ3) is 8.00. The summed E-state index contributed by atoms with van der Waals surface area (Å²) >= 11 is 8.82. The van der Waals surface area contributed by atoms with Crippen LogP contribution in [0.2, 0.25) is 5.02 Å². The summed E-state index contributed by atoms with van der Waals surface area (Å²) in [4.78, 5) is 10.1. The molecule has 0 saturated heterocycles.